The highest BCUT2D eigenvalue weighted by Gasteiger charge is 2.22. The highest BCUT2D eigenvalue weighted by Crippen LogP contribution is 2.30. The number of aryl methyl sites for hydroxylation is 2. The predicted octanol–water partition coefficient (Wildman–Crippen LogP) is 6.22. The molecule has 6 heteroatoms. The van der Waals surface area contributed by atoms with Crippen LogP contribution in [0.15, 0.2) is 48.5 Å². The standard InChI is InChI=1S/C29H39N5O/c1-5-21-10-9-11-22(6-2)28(21)33-29(35)30-19-20-14-16-23(17-15-20)31-27-18-26(34(3)4)24-12-7-8-13-25(24)32-27/h7-13,18,20,23H,5-6,14-17,19H2,1-4H3,(H,31,32)(H2,30,33,35)/t20-,23+. The lowest BCUT2D eigenvalue weighted by Gasteiger charge is -2.30. The van der Waals surface area contributed by atoms with Crippen molar-refractivity contribution in [1.82, 2.24) is 10.3 Å². The zero-order chi connectivity index (χ0) is 24.8. The summed E-state index contributed by atoms with van der Waals surface area (Å²) in [5.74, 6) is 1.45. The van der Waals surface area contributed by atoms with Crippen LogP contribution >= 0.6 is 0 Å². The van der Waals surface area contributed by atoms with Gasteiger partial charge in [0.05, 0.1) is 5.52 Å². The number of hydrogen-bond donors (Lipinski definition) is 3. The molecule has 1 saturated carbocycles. The van der Waals surface area contributed by atoms with Crippen LogP contribution in [0.5, 0.6) is 0 Å². The van der Waals surface area contributed by atoms with Crippen LogP contribution in [0.1, 0.15) is 50.7 Å². The lowest BCUT2D eigenvalue weighted by molar-refractivity contribution is 0.246. The summed E-state index contributed by atoms with van der Waals surface area (Å²) >= 11 is 0. The average molecular weight is 474 g/mol. The molecule has 1 heterocycles. The molecule has 35 heavy (non-hydrogen) atoms. The van der Waals surface area contributed by atoms with E-state index in [2.05, 4.69) is 91.3 Å². The minimum atomic E-state index is -0.0996. The number of para-hydroxylation sites is 2. The fraction of sp³-hybridized carbons (Fsp3) is 0.448. The Kier molecular flexibility index (Phi) is 8.11. The van der Waals surface area contributed by atoms with Crippen molar-refractivity contribution in [3.63, 3.8) is 0 Å². The maximum Gasteiger partial charge on any atom is 0.319 e. The number of anilines is 3. The van der Waals surface area contributed by atoms with Gasteiger partial charge in [-0.1, -0.05) is 50.2 Å². The van der Waals surface area contributed by atoms with Crippen molar-refractivity contribution < 1.29 is 4.79 Å². The fourth-order valence-electron chi connectivity index (χ4n) is 5.12. The van der Waals surface area contributed by atoms with E-state index in [0.29, 0.717) is 18.5 Å². The summed E-state index contributed by atoms with van der Waals surface area (Å²) in [6, 6.07) is 17.0. The molecule has 0 spiro atoms. The summed E-state index contributed by atoms with van der Waals surface area (Å²) < 4.78 is 0. The van der Waals surface area contributed by atoms with E-state index in [1.54, 1.807) is 0 Å². The maximum atomic E-state index is 12.6. The number of benzene rings is 2. The van der Waals surface area contributed by atoms with Crippen molar-refractivity contribution in [2.75, 3.05) is 36.2 Å². The fourth-order valence-corrected chi connectivity index (χ4v) is 5.12. The number of aromatic nitrogens is 1. The molecule has 6 nitrogen and oxygen atoms in total. The second kappa shape index (κ2) is 11.4. The molecule has 0 atom stereocenters. The summed E-state index contributed by atoms with van der Waals surface area (Å²) in [4.78, 5) is 19.6. The van der Waals surface area contributed by atoms with Crippen molar-refractivity contribution in [3.8, 4) is 0 Å². The minimum absolute atomic E-state index is 0.0996. The quantitative estimate of drug-likeness (QED) is 0.363. The Morgan fingerprint density at radius 1 is 0.971 bits per heavy atom. The molecule has 1 aliphatic rings. The van der Waals surface area contributed by atoms with Gasteiger partial charge >= 0.3 is 6.03 Å². The molecule has 0 bridgehead atoms. The third-order valence-corrected chi connectivity index (χ3v) is 7.16. The lowest BCUT2D eigenvalue weighted by Crippen LogP contribution is -2.36. The Morgan fingerprint density at radius 2 is 1.66 bits per heavy atom. The van der Waals surface area contributed by atoms with Crippen molar-refractivity contribution in [2.45, 2.75) is 58.4 Å². The van der Waals surface area contributed by atoms with Crippen LogP contribution in [0.3, 0.4) is 0 Å². The van der Waals surface area contributed by atoms with Gasteiger partial charge < -0.3 is 20.9 Å². The molecule has 0 radical (unpaired) electrons. The van der Waals surface area contributed by atoms with Gasteiger partial charge in [-0.05, 0) is 61.6 Å². The van der Waals surface area contributed by atoms with E-state index in [0.717, 1.165) is 55.5 Å². The predicted molar refractivity (Wildman–Crippen MR) is 148 cm³/mol. The number of hydrogen-bond acceptors (Lipinski definition) is 4. The number of nitrogens with one attached hydrogen (secondary N) is 3. The summed E-state index contributed by atoms with van der Waals surface area (Å²) in [6.07, 6.45) is 6.16. The van der Waals surface area contributed by atoms with E-state index in [9.17, 15) is 4.79 Å². The summed E-state index contributed by atoms with van der Waals surface area (Å²) in [7, 11) is 4.15. The van der Waals surface area contributed by atoms with Gasteiger partial charge in [-0.2, -0.15) is 0 Å². The molecule has 4 rings (SSSR count). The van der Waals surface area contributed by atoms with E-state index >= 15 is 0 Å². The van der Waals surface area contributed by atoms with Crippen molar-refractivity contribution >= 4 is 34.1 Å². The number of pyridine rings is 1. The zero-order valence-corrected chi connectivity index (χ0v) is 21.5. The van der Waals surface area contributed by atoms with Crippen LogP contribution in [0, 0.1) is 5.92 Å². The van der Waals surface area contributed by atoms with Gasteiger partial charge in [-0.15, -0.1) is 0 Å². The average Bonchev–Trinajstić information content (AvgIpc) is 2.87. The molecule has 186 valence electrons. The summed E-state index contributed by atoms with van der Waals surface area (Å²) in [5, 5.41) is 11.1. The van der Waals surface area contributed by atoms with E-state index in [-0.39, 0.29) is 6.03 Å². The Bertz CT molecular complexity index is 1130. The van der Waals surface area contributed by atoms with Crippen molar-refractivity contribution in [3.05, 3.63) is 59.7 Å². The van der Waals surface area contributed by atoms with Crippen LogP contribution in [-0.2, 0) is 12.8 Å². The number of nitrogens with zero attached hydrogens (tertiary/aromatic N) is 2. The van der Waals surface area contributed by atoms with Gasteiger partial charge in [0.2, 0.25) is 0 Å². The normalized spacial score (nSPS) is 17.7. The first-order chi connectivity index (χ1) is 17.0. The summed E-state index contributed by atoms with van der Waals surface area (Å²) in [6.45, 7) is 4.96. The molecule has 1 fully saturated rings. The van der Waals surface area contributed by atoms with Crippen LogP contribution in [-0.4, -0.2) is 37.7 Å². The van der Waals surface area contributed by atoms with E-state index in [4.69, 9.17) is 4.98 Å². The van der Waals surface area contributed by atoms with Gasteiger partial charge in [-0.3, -0.25) is 0 Å². The number of rotatable bonds is 8. The topological polar surface area (TPSA) is 69.3 Å². The van der Waals surface area contributed by atoms with Crippen LogP contribution in [0.2, 0.25) is 0 Å². The first kappa shape index (κ1) is 24.8. The smallest absolute Gasteiger partial charge is 0.319 e. The van der Waals surface area contributed by atoms with Crippen LogP contribution in [0.4, 0.5) is 22.0 Å². The maximum absolute atomic E-state index is 12.6. The Hall–Kier alpha value is -3.28. The number of carbonyl (C=O) groups excluding carboxylic acids is 1. The number of carbonyl (C=O) groups is 1. The van der Waals surface area contributed by atoms with Crippen LogP contribution < -0.4 is 20.9 Å². The van der Waals surface area contributed by atoms with Gasteiger partial charge in [-0.25, -0.2) is 9.78 Å². The Labute approximate surface area is 209 Å². The number of amides is 2. The van der Waals surface area contributed by atoms with Gasteiger partial charge in [0.25, 0.3) is 0 Å². The molecule has 0 aliphatic heterocycles. The van der Waals surface area contributed by atoms with Crippen LogP contribution in [0.25, 0.3) is 10.9 Å². The Morgan fingerprint density at radius 3 is 2.31 bits per heavy atom. The van der Waals surface area contributed by atoms with Gasteiger partial charge in [0, 0.05) is 49.5 Å². The molecular formula is C29H39N5O. The second-order valence-corrected chi connectivity index (χ2v) is 9.79. The van der Waals surface area contributed by atoms with E-state index < -0.39 is 0 Å². The second-order valence-electron chi connectivity index (χ2n) is 9.79. The zero-order valence-electron chi connectivity index (χ0n) is 21.5. The molecule has 0 unspecified atom stereocenters. The molecule has 1 aliphatic carbocycles. The first-order valence-electron chi connectivity index (χ1n) is 13.0. The van der Waals surface area contributed by atoms with Crippen molar-refractivity contribution in [2.24, 2.45) is 5.92 Å². The highest BCUT2D eigenvalue weighted by atomic mass is 16.2. The van der Waals surface area contributed by atoms with Crippen molar-refractivity contribution in [1.29, 1.82) is 0 Å². The molecule has 3 aromatic rings. The first-order valence-corrected chi connectivity index (χ1v) is 13.0. The highest BCUT2D eigenvalue weighted by molar-refractivity contribution is 5.93. The number of fused-ring (bicyclic) bond motifs is 1. The molecule has 0 saturated heterocycles. The van der Waals surface area contributed by atoms with E-state index in [1.807, 2.05) is 6.07 Å². The third kappa shape index (κ3) is 6.05. The summed E-state index contributed by atoms with van der Waals surface area (Å²) in [5.41, 5.74) is 5.54. The van der Waals surface area contributed by atoms with Gasteiger partial charge in [0.1, 0.15) is 5.82 Å². The monoisotopic (exact) mass is 473 g/mol. The molecule has 3 N–H and O–H groups in total. The van der Waals surface area contributed by atoms with E-state index in [1.165, 1.54) is 22.2 Å². The van der Waals surface area contributed by atoms with Gasteiger partial charge in [0.15, 0.2) is 0 Å². The molecule has 1 aromatic heterocycles. The molecule has 2 amide bonds. The number of urea groups is 1. The molecule has 2 aromatic carbocycles. The Balaban J connectivity index is 1.29. The molecular weight excluding hydrogens is 434 g/mol. The minimum Gasteiger partial charge on any atom is -0.377 e. The SMILES string of the molecule is CCc1cccc(CC)c1NC(=O)NC[C@H]1CC[C@@H](Nc2cc(N(C)C)c3ccccc3n2)CC1. The largest absolute Gasteiger partial charge is 0.377 e. The third-order valence-electron chi connectivity index (χ3n) is 7.16. The lowest BCUT2D eigenvalue weighted by atomic mass is 9.86.